The van der Waals surface area contributed by atoms with E-state index in [9.17, 15) is 14.4 Å². The molecule has 520 valence electrons. The standard InChI is InChI=1S/C25H36O.C23H30O3.C21H26O3.C19H22O2/c1-3-4-5-6-7-8-9-10-11-12-21-26-25-19-17-24(18-20-25)23-15-13-22(2)14-16-23;1-2-3-4-5-6-7-8-9-18-26-22-16-14-20(15-17-22)19-10-12-21(13-11-19)23(24)25;1-2-3-4-5-6-7-16-24-20-14-12-18(13-15-20)17-8-10-19(11-9-17)21(22)23;1-2-3-4-5-6-15-7-9-16(10-8-15)17-11-13-18(14-12-17)19(20)21/h13-20H,3-12,21H2,1-2H3;10-17H,2-9,18H2,1H3,(H,24,25);8-15H,2-7,16H2,1H3,(H,22,23);7-14H,2-6H2,1H3,(H,20,21). The molecule has 0 aromatic heterocycles. The summed E-state index contributed by atoms with van der Waals surface area (Å²) in [5, 5.41) is 26.8. The smallest absolute Gasteiger partial charge is 0.335 e. The number of carboxylic acid groups (broad SMARTS) is 3. The van der Waals surface area contributed by atoms with Gasteiger partial charge in [-0.1, -0.05) is 309 Å². The van der Waals surface area contributed by atoms with E-state index < -0.39 is 17.9 Å². The molecule has 3 N–H and O–H groups in total. The molecule has 0 aliphatic heterocycles. The van der Waals surface area contributed by atoms with Gasteiger partial charge in [0, 0.05) is 0 Å². The molecule has 0 atom stereocenters. The summed E-state index contributed by atoms with van der Waals surface area (Å²) in [5.74, 6) is 0.0651. The highest BCUT2D eigenvalue weighted by molar-refractivity contribution is 5.89. The highest BCUT2D eigenvalue weighted by atomic mass is 16.5. The Morgan fingerprint density at radius 2 is 0.443 bits per heavy atom. The first-order valence-corrected chi connectivity index (χ1v) is 36.8. The zero-order valence-corrected chi connectivity index (χ0v) is 59.4. The van der Waals surface area contributed by atoms with Crippen molar-refractivity contribution >= 4 is 17.9 Å². The molecule has 0 radical (unpaired) electrons. The summed E-state index contributed by atoms with van der Waals surface area (Å²) in [7, 11) is 0. The molecule has 8 aromatic carbocycles. The van der Waals surface area contributed by atoms with E-state index in [-0.39, 0.29) is 0 Å². The van der Waals surface area contributed by atoms with Crippen molar-refractivity contribution in [3.63, 3.8) is 0 Å². The van der Waals surface area contributed by atoms with Gasteiger partial charge >= 0.3 is 17.9 Å². The number of hydrogen-bond acceptors (Lipinski definition) is 6. The van der Waals surface area contributed by atoms with Gasteiger partial charge in [-0.15, -0.1) is 0 Å². The summed E-state index contributed by atoms with van der Waals surface area (Å²) in [6.07, 6.45) is 37.8. The quantitative estimate of drug-likeness (QED) is 0.0319. The minimum absolute atomic E-state index is 0.303. The maximum atomic E-state index is 10.9. The van der Waals surface area contributed by atoms with Crippen LogP contribution in [0.4, 0.5) is 0 Å². The highest BCUT2D eigenvalue weighted by Crippen LogP contribution is 2.28. The molecule has 8 aromatic rings. The maximum Gasteiger partial charge on any atom is 0.335 e. The van der Waals surface area contributed by atoms with Crippen molar-refractivity contribution in [1.29, 1.82) is 0 Å². The Hall–Kier alpha value is -8.43. The number of aromatic carboxylic acids is 3. The van der Waals surface area contributed by atoms with Gasteiger partial charge in [-0.2, -0.15) is 0 Å². The van der Waals surface area contributed by atoms with Crippen molar-refractivity contribution in [3.05, 3.63) is 222 Å². The van der Waals surface area contributed by atoms with Gasteiger partial charge in [-0.25, -0.2) is 14.4 Å². The number of hydrogen-bond donors (Lipinski definition) is 3. The van der Waals surface area contributed by atoms with Crippen LogP contribution in [0, 0.1) is 6.92 Å². The van der Waals surface area contributed by atoms with Crippen LogP contribution in [0.2, 0.25) is 0 Å². The second-order valence-electron chi connectivity index (χ2n) is 25.6. The van der Waals surface area contributed by atoms with Gasteiger partial charge in [0.25, 0.3) is 0 Å². The van der Waals surface area contributed by atoms with Gasteiger partial charge in [-0.05, 0) is 162 Å². The Balaban J connectivity index is 0.000000234. The number of ether oxygens (including phenoxy) is 3. The molecule has 0 aliphatic carbocycles. The Labute approximate surface area is 583 Å². The average molecular weight is 1320 g/mol. The second-order valence-corrected chi connectivity index (χ2v) is 25.6. The molecular formula is C88H114O9. The summed E-state index contributed by atoms with van der Waals surface area (Å²) in [5.41, 5.74) is 12.4. The molecule has 0 unspecified atom stereocenters. The van der Waals surface area contributed by atoms with Crippen LogP contribution in [0.5, 0.6) is 17.2 Å². The largest absolute Gasteiger partial charge is 0.494 e. The van der Waals surface area contributed by atoms with Gasteiger partial charge in [-0.3, -0.25) is 0 Å². The fourth-order valence-corrected chi connectivity index (χ4v) is 11.3. The maximum absolute atomic E-state index is 10.9. The summed E-state index contributed by atoms with van der Waals surface area (Å²) >= 11 is 0. The lowest BCUT2D eigenvalue weighted by Crippen LogP contribution is -1.97. The lowest BCUT2D eigenvalue weighted by atomic mass is 10.0. The van der Waals surface area contributed by atoms with E-state index in [1.807, 2.05) is 84.9 Å². The number of unbranched alkanes of at least 4 members (excludes halogenated alkanes) is 24. The second kappa shape index (κ2) is 49.1. The van der Waals surface area contributed by atoms with Crippen LogP contribution in [0.1, 0.15) is 250 Å². The first-order valence-electron chi connectivity index (χ1n) is 36.8. The lowest BCUT2D eigenvalue weighted by Gasteiger charge is -2.08. The molecule has 9 nitrogen and oxygen atoms in total. The molecule has 0 heterocycles. The van der Waals surface area contributed by atoms with Crippen molar-refractivity contribution in [2.24, 2.45) is 0 Å². The Morgan fingerprint density at radius 3 is 0.680 bits per heavy atom. The molecule has 0 bridgehead atoms. The number of rotatable bonds is 42. The van der Waals surface area contributed by atoms with E-state index in [4.69, 9.17) is 29.5 Å². The molecular weight excluding hydrogens is 1200 g/mol. The molecule has 97 heavy (non-hydrogen) atoms. The summed E-state index contributed by atoms with van der Waals surface area (Å²) in [6, 6.07) is 62.5. The first kappa shape index (κ1) is 79.3. The highest BCUT2D eigenvalue weighted by Gasteiger charge is 2.08. The SMILES string of the molecule is CCCCCCCCCCCCOc1ccc(-c2ccc(C)cc2)cc1.CCCCCCCCCCOc1ccc(-c2ccc(C(=O)O)cc2)cc1.CCCCCCCCOc1ccc(-c2ccc(C(=O)O)cc2)cc1.CCCCCCc1ccc(-c2ccc(C(=O)O)cc2)cc1. The lowest BCUT2D eigenvalue weighted by molar-refractivity contribution is 0.0686. The van der Waals surface area contributed by atoms with E-state index in [1.54, 1.807) is 36.4 Å². The van der Waals surface area contributed by atoms with Crippen LogP contribution in [0.15, 0.2) is 194 Å². The number of aryl methyl sites for hydroxylation is 2. The summed E-state index contributed by atoms with van der Waals surface area (Å²) in [6.45, 7) is 13.5. The third kappa shape index (κ3) is 33.4. The topological polar surface area (TPSA) is 140 Å². The predicted octanol–water partition coefficient (Wildman–Crippen LogP) is 25.5. The first-order chi connectivity index (χ1) is 47.4. The molecule has 0 amide bonds. The van der Waals surface area contributed by atoms with Crippen molar-refractivity contribution in [1.82, 2.24) is 0 Å². The zero-order chi connectivity index (χ0) is 69.3. The van der Waals surface area contributed by atoms with Crippen molar-refractivity contribution < 1.29 is 43.9 Å². The monoisotopic (exact) mass is 1310 g/mol. The average Bonchev–Trinajstić information content (AvgIpc) is 0.984. The van der Waals surface area contributed by atoms with Crippen LogP contribution >= 0.6 is 0 Å². The number of carboxylic acids is 3. The van der Waals surface area contributed by atoms with E-state index in [0.717, 1.165) is 96.1 Å². The van der Waals surface area contributed by atoms with Gasteiger partial charge in [0.1, 0.15) is 17.2 Å². The Kier molecular flexibility index (Phi) is 40.1. The van der Waals surface area contributed by atoms with Crippen molar-refractivity contribution in [2.45, 2.75) is 221 Å². The molecule has 8 rings (SSSR count). The van der Waals surface area contributed by atoms with E-state index in [2.05, 4.69) is 107 Å². The molecule has 0 saturated heterocycles. The zero-order valence-electron chi connectivity index (χ0n) is 59.4. The third-order valence-corrected chi connectivity index (χ3v) is 17.4. The van der Waals surface area contributed by atoms with Gasteiger partial charge < -0.3 is 29.5 Å². The third-order valence-electron chi connectivity index (χ3n) is 17.4. The summed E-state index contributed by atoms with van der Waals surface area (Å²) < 4.78 is 17.5. The number of carbonyl (C=O) groups is 3. The molecule has 0 saturated carbocycles. The normalized spacial score (nSPS) is 10.6. The van der Waals surface area contributed by atoms with Crippen molar-refractivity contribution in [3.8, 4) is 61.8 Å². The minimum Gasteiger partial charge on any atom is -0.494 e. The fraction of sp³-hybridized carbons (Fsp3) is 0.420. The van der Waals surface area contributed by atoms with Crippen LogP contribution in [0.3, 0.4) is 0 Å². The van der Waals surface area contributed by atoms with Crippen LogP contribution < -0.4 is 14.2 Å². The van der Waals surface area contributed by atoms with Crippen molar-refractivity contribution in [2.75, 3.05) is 19.8 Å². The van der Waals surface area contributed by atoms with Crippen LogP contribution in [-0.4, -0.2) is 53.0 Å². The molecule has 0 aliphatic rings. The van der Waals surface area contributed by atoms with E-state index in [1.165, 1.54) is 183 Å². The van der Waals surface area contributed by atoms with E-state index >= 15 is 0 Å². The van der Waals surface area contributed by atoms with Gasteiger partial charge in [0.2, 0.25) is 0 Å². The minimum atomic E-state index is -0.903. The Morgan fingerprint density at radius 1 is 0.247 bits per heavy atom. The molecule has 0 spiro atoms. The van der Waals surface area contributed by atoms with Crippen LogP contribution in [0.25, 0.3) is 44.5 Å². The molecule has 9 heteroatoms. The Bertz CT molecular complexity index is 3320. The molecule has 0 fully saturated rings. The van der Waals surface area contributed by atoms with Gasteiger partial charge in [0.15, 0.2) is 0 Å². The summed E-state index contributed by atoms with van der Waals surface area (Å²) in [4.78, 5) is 32.6. The predicted molar refractivity (Wildman–Crippen MR) is 405 cm³/mol. The number of benzene rings is 8. The fourth-order valence-electron chi connectivity index (χ4n) is 11.3. The van der Waals surface area contributed by atoms with Gasteiger partial charge in [0.05, 0.1) is 36.5 Å². The van der Waals surface area contributed by atoms with E-state index in [0.29, 0.717) is 16.7 Å². The van der Waals surface area contributed by atoms with Crippen LogP contribution in [-0.2, 0) is 6.42 Å².